The van der Waals surface area contributed by atoms with Crippen LogP contribution in [-0.4, -0.2) is 34.2 Å². The van der Waals surface area contributed by atoms with E-state index in [-0.39, 0.29) is 6.54 Å². The molecule has 0 saturated heterocycles. The van der Waals surface area contributed by atoms with Crippen molar-refractivity contribution in [1.29, 1.82) is 0 Å². The summed E-state index contributed by atoms with van der Waals surface area (Å²) in [5, 5.41) is 0. The fourth-order valence-corrected chi connectivity index (χ4v) is 2.41. The predicted octanol–water partition coefficient (Wildman–Crippen LogP) is 0.439. The Hall–Kier alpha value is -1.60. The van der Waals surface area contributed by atoms with E-state index < -0.39 is 15.9 Å². The van der Waals surface area contributed by atoms with E-state index in [9.17, 15) is 13.2 Å². The van der Waals surface area contributed by atoms with E-state index in [0.29, 0.717) is 5.69 Å². The molecule has 1 N–H and O–H groups in total. The van der Waals surface area contributed by atoms with Crippen LogP contribution in [0.1, 0.15) is 5.56 Å². The smallest absolute Gasteiger partial charge is 0.264 e. The third-order valence-corrected chi connectivity index (χ3v) is 3.41. The van der Waals surface area contributed by atoms with Gasteiger partial charge in [-0.25, -0.2) is 13.9 Å². The molecule has 18 heavy (non-hydrogen) atoms. The largest absolute Gasteiger partial charge is 0.277 e. The number of hydrogen-bond acceptors (Lipinski definition) is 4. The molecule has 0 aromatic heterocycles. The summed E-state index contributed by atoms with van der Waals surface area (Å²) in [4.78, 5) is 15.9. The molecule has 1 aromatic carbocycles. The van der Waals surface area contributed by atoms with Crippen LogP contribution in [-0.2, 0) is 19.7 Å². The molecule has 0 bridgehead atoms. The molecule has 0 unspecified atom stereocenters. The number of amides is 1. The summed E-state index contributed by atoms with van der Waals surface area (Å²) in [5.41, 5.74) is 3.34. The molecule has 1 aromatic rings. The second-order valence-electron chi connectivity index (χ2n) is 3.79. The zero-order valence-electron chi connectivity index (χ0n) is 10.5. The lowest BCUT2D eigenvalue weighted by Crippen LogP contribution is -2.40. The van der Waals surface area contributed by atoms with E-state index in [0.717, 1.165) is 16.1 Å². The molecule has 0 heterocycles. The normalized spacial score (nSPS) is 11.1. The number of nitrogens with zero attached hydrogens (tertiary/aromatic N) is 1. The van der Waals surface area contributed by atoms with Crippen molar-refractivity contribution in [2.45, 2.75) is 6.92 Å². The van der Waals surface area contributed by atoms with E-state index in [1.54, 1.807) is 31.2 Å². The summed E-state index contributed by atoms with van der Waals surface area (Å²) in [6.07, 6.45) is 1.06. The molecular formula is C11H16N2O4S. The predicted molar refractivity (Wildman–Crippen MR) is 68.5 cm³/mol. The highest BCUT2D eigenvalue weighted by Gasteiger charge is 2.21. The highest BCUT2D eigenvalue weighted by Crippen LogP contribution is 2.21. The van der Waals surface area contributed by atoms with Crippen molar-refractivity contribution in [2.75, 3.05) is 24.2 Å². The molecule has 0 aliphatic carbocycles. The molecule has 0 saturated carbocycles. The summed E-state index contributed by atoms with van der Waals surface area (Å²) in [5.74, 6) is -0.536. The number of aryl methyl sites for hydroxylation is 1. The van der Waals surface area contributed by atoms with E-state index in [1.165, 1.54) is 7.11 Å². The standard InChI is InChI=1S/C11H16N2O4S/c1-9-6-4-5-7-10(9)13(18(3,15)16)8-11(14)12-17-2/h4-7H,8H2,1-3H3,(H,12,14). The molecule has 0 fully saturated rings. The van der Waals surface area contributed by atoms with E-state index >= 15 is 0 Å². The van der Waals surface area contributed by atoms with Crippen LogP contribution in [0.3, 0.4) is 0 Å². The van der Waals surface area contributed by atoms with Gasteiger partial charge in [-0.15, -0.1) is 0 Å². The van der Waals surface area contributed by atoms with E-state index in [1.807, 2.05) is 0 Å². The lowest BCUT2D eigenvalue weighted by atomic mass is 10.2. The second kappa shape index (κ2) is 5.83. The first-order valence-corrected chi connectivity index (χ1v) is 7.06. The number of carbonyl (C=O) groups excluding carboxylic acids is 1. The molecule has 0 atom stereocenters. The molecule has 1 amide bonds. The summed E-state index contributed by atoms with van der Waals surface area (Å²) in [7, 11) is -2.25. The number of sulfonamides is 1. The van der Waals surface area contributed by atoms with Crippen LogP contribution in [0.2, 0.25) is 0 Å². The first-order chi connectivity index (χ1) is 8.36. The Bertz CT molecular complexity index is 528. The lowest BCUT2D eigenvalue weighted by molar-refractivity contribution is -0.129. The minimum atomic E-state index is -3.54. The number of anilines is 1. The SMILES string of the molecule is CONC(=O)CN(c1ccccc1C)S(C)(=O)=O. The van der Waals surface area contributed by atoms with Crippen LogP contribution >= 0.6 is 0 Å². The molecule has 0 aliphatic heterocycles. The van der Waals surface area contributed by atoms with Gasteiger partial charge in [0.15, 0.2) is 0 Å². The number of hydroxylamine groups is 1. The molecule has 1 rings (SSSR count). The summed E-state index contributed by atoms with van der Waals surface area (Å²) in [6.45, 7) is 1.46. The Labute approximate surface area is 107 Å². The van der Waals surface area contributed by atoms with Crippen molar-refractivity contribution in [3.63, 3.8) is 0 Å². The minimum Gasteiger partial charge on any atom is -0.277 e. The Morgan fingerprint density at radius 3 is 2.50 bits per heavy atom. The first kappa shape index (κ1) is 14.5. The average Bonchev–Trinajstić information content (AvgIpc) is 2.26. The molecule has 6 nitrogen and oxygen atoms in total. The van der Waals surface area contributed by atoms with Crippen LogP contribution < -0.4 is 9.79 Å². The number of benzene rings is 1. The van der Waals surface area contributed by atoms with Gasteiger partial charge in [0.1, 0.15) is 6.54 Å². The van der Waals surface area contributed by atoms with Gasteiger partial charge >= 0.3 is 0 Å². The van der Waals surface area contributed by atoms with Gasteiger partial charge < -0.3 is 0 Å². The van der Waals surface area contributed by atoms with Gasteiger partial charge in [-0.1, -0.05) is 18.2 Å². The van der Waals surface area contributed by atoms with Crippen LogP contribution in [0.4, 0.5) is 5.69 Å². The highest BCUT2D eigenvalue weighted by molar-refractivity contribution is 7.92. The zero-order chi connectivity index (χ0) is 13.8. The number of carbonyl (C=O) groups is 1. The zero-order valence-corrected chi connectivity index (χ0v) is 11.3. The molecular weight excluding hydrogens is 256 g/mol. The van der Waals surface area contributed by atoms with Crippen molar-refractivity contribution in [3.8, 4) is 0 Å². The fourth-order valence-electron chi connectivity index (χ4n) is 1.50. The molecule has 7 heteroatoms. The first-order valence-electron chi connectivity index (χ1n) is 5.21. The Kier molecular flexibility index (Phi) is 4.69. The topological polar surface area (TPSA) is 75.7 Å². The quantitative estimate of drug-likeness (QED) is 0.789. The van der Waals surface area contributed by atoms with Gasteiger partial charge in [0.25, 0.3) is 5.91 Å². The Morgan fingerprint density at radius 2 is 2.00 bits per heavy atom. The summed E-state index contributed by atoms with van der Waals surface area (Å²) in [6, 6.07) is 6.95. The van der Waals surface area contributed by atoms with Crippen molar-refractivity contribution in [3.05, 3.63) is 29.8 Å². The van der Waals surface area contributed by atoms with Crippen molar-refractivity contribution in [2.24, 2.45) is 0 Å². The average molecular weight is 272 g/mol. The third-order valence-electron chi connectivity index (χ3n) is 2.29. The lowest BCUT2D eigenvalue weighted by Gasteiger charge is -2.23. The van der Waals surface area contributed by atoms with Gasteiger partial charge in [-0.2, -0.15) is 0 Å². The van der Waals surface area contributed by atoms with Gasteiger partial charge in [0, 0.05) is 0 Å². The maximum Gasteiger partial charge on any atom is 0.264 e. The Morgan fingerprint density at radius 1 is 1.39 bits per heavy atom. The van der Waals surface area contributed by atoms with E-state index in [4.69, 9.17) is 0 Å². The highest BCUT2D eigenvalue weighted by atomic mass is 32.2. The molecule has 0 aliphatic rings. The molecule has 0 spiro atoms. The van der Waals surface area contributed by atoms with Crippen molar-refractivity contribution < 1.29 is 18.0 Å². The minimum absolute atomic E-state index is 0.322. The number of para-hydroxylation sites is 1. The maximum atomic E-state index is 11.7. The van der Waals surface area contributed by atoms with E-state index in [2.05, 4.69) is 10.3 Å². The molecule has 100 valence electrons. The monoisotopic (exact) mass is 272 g/mol. The maximum absolute atomic E-state index is 11.7. The van der Waals surface area contributed by atoms with Crippen LogP contribution in [0, 0.1) is 6.92 Å². The fraction of sp³-hybridized carbons (Fsp3) is 0.364. The number of rotatable bonds is 5. The summed E-state index contributed by atoms with van der Waals surface area (Å²) >= 11 is 0. The van der Waals surface area contributed by atoms with Crippen molar-refractivity contribution >= 4 is 21.6 Å². The second-order valence-corrected chi connectivity index (χ2v) is 5.69. The summed E-state index contributed by atoms with van der Waals surface area (Å²) < 4.78 is 24.5. The van der Waals surface area contributed by atoms with Crippen LogP contribution in [0.25, 0.3) is 0 Å². The number of hydrogen-bond donors (Lipinski definition) is 1. The number of nitrogens with one attached hydrogen (secondary N) is 1. The van der Waals surface area contributed by atoms with Crippen LogP contribution in [0.5, 0.6) is 0 Å². The molecule has 0 radical (unpaired) electrons. The van der Waals surface area contributed by atoms with Gasteiger partial charge in [-0.05, 0) is 18.6 Å². The van der Waals surface area contributed by atoms with Crippen molar-refractivity contribution in [1.82, 2.24) is 5.48 Å². The Balaban J connectivity index is 3.08. The van der Waals surface area contributed by atoms with Crippen LogP contribution in [0.15, 0.2) is 24.3 Å². The third kappa shape index (κ3) is 3.71. The van der Waals surface area contributed by atoms with Gasteiger partial charge in [0.05, 0.1) is 19.1 Å². The van der Waals surface area contributed by atoms with Gasteiger partial charge in [0.2, 0.25) is 10.0 Å². The van der Waals surface area contributed by atoms with Gasteiger partial charge in [-0.3, -0.25) is 13.9 Å².